The van der Waals surface area contributed by atoms with E-state index >= 15 is 0 Å². The van der Waals surface area contributed by atoms with Gasteiger partial charge in [-0.15, -0.1) is 0 Å². The first-order chi connectivity index (χ1) is 6.95. The zero-order valence-electron chi connectivity index (χ0n) is 8.65. The van der Waals surface area contributed by atoms with Gasteiger partial charge >= 0.3 is 6.18 Å². The lowest BCUT2D eigenvalue weighted by atomic mass is 10.2. The summed E-state index contributed by atoms with van der Waals surface area (Å²) >= 11 is 0. The van der Waals surface area contributed by atoms with Crippen LogP contribution in [0.25, 0.3) is 0 Å². The zero-order chi connectivity index (χ0) is 11.5. The Morgan fingerprint density at radius 3 is 2.67 bits per heavy atom. The van der Waals surface area contributed by atoms with Gasteiger partial charge in [-0.1, -0.05) is 0 Å². The zero-order valence-corrected chi connectivity index (χ0v) is 8.65. The van der Waals surface area contributed by atoms with Crippen molar-refractivity contribution in [1.29, 1.82) is 0 Å². The summed E-state index contributed by atoms with van der Waals surface area (Å²) < 4.78 is 48.9. The number of hydrogen-bond acceptors (Lipinski definition) is 2. The van der Waals surface area contributed by atoms with Crippen molar-refractivity contribution < 1.29 is 17.6 Å². The van der Waals surface area contributed by atoms with Gasteiger partial charge < -0.3 is 5.32 Å². The van der Waals surface area contributed by atoms with E-state index in [1.165, 1.54) is 4.90 Å². The lowest BCUT2D eigenvalue weighted by Gasteiger charge is -2.26. The minimum atomic E-state index is -4.17. The second kappa shape index (κ2) is 5.12. The van der Waals surface area contributed by atoms with E-state index < -0.39 is 18.9 Å². The fraction of sp³-hybridized carbons (Fsp3) is 1.00. The highest BCUT2D eigenvalue weighted by molar-refractivity contribution is 4.86. The van der Waals surface area contributed by atoms with Crippen LogP contribution in [0.3, 0.4) is 0 Å². The highest BCUT2D eigenvalue weighted by Crippen LogP contribution is 2.26. The van der Waals surface area contributed by atoms with Gasteiger partial charge in [0.05, 0.1) is 0 Å². The van der Waals surface area contributed by atoms with Crippen LogP contribution in [0.15, 0.2) is 0 Å². The van der Waals surface area contributed by atoms with Crippen molar-refractivity contribution in [3.63, 3.8) is 0 Å². The Balaban J connectivity index is 2.35. The molecule has 0 saturated carbocycles. The molecule has 1 N–H and O–H groups in total. The number of alkyl halides is 4. The van der Waals surface area contributed by atoms with Gasteiger partial charge in [0.25, 0.3) is 0 Å². The average Bonchev–Trinajstić information content (AvgIpc) is 2.60. The fourth-order valence-corrected chi connectivity index (χ4v) is 1.77. The molecule has 90 valence electrons. The lowest BCUT2D eigenvalue weighted by molar-refractivity contribution is -0.176. The summed E-state index contributed by atoms with van der Waals surface area (Å²) in [4.78, 5) is 1.38. The van der Waals surface area contributed by atoms with Crippen LogP contribution in [0.4, 0.5) is 17.6 Å². The van der Waals surface area contributed by atoms with E-state index in [2.05, 4.69) is 5.32 Å². The largest absolute Gasteiger partial charge is 0.403 e. The third-order valence-corrected chi connectivity index (χ3v) is 2.77. The summed E-state index contributed by atoms with van der Waals surface area (Å²) in [5.41, 5.74) is 0. The topological polar surface area (TPSA) is 15.3 Å². The van der Waals surface area contributed by atoms with Crippen molar-refractivity contribution in [1.82, 2.24) is 10.2 Å². The van der Waals surface area contributed by atoms with Crippen LogP contribution in [0.1, 0.15) is 13.3 Å². The van der Waals surface area contributed by atoms with E-state index in [4.69, 9.17) is 0 Å². The normalized spacial score (nSPS) is 25.8. The molecule has 1 rings (SSSR count). The molecule has 1 aliphatic heterocycles. The second-order valence-electron chi connectivity index (χ2n) is 3.84. The SMILES string of the molecule is CC(N1CCC(NCCF)C1)C(F)(F)F. The predicted molar refractivity (Wildman–Crippen MR) is 49.5 cm³/mol. The summed E-state index contributed by atoms with van der Waals surface area (Å²) in [6.45, 7) is 1.67. The van der Waals surface area contributed by atoms with E-state index in [1.54, 1.807) is 0 Å². The highest BCUT2D eigenvalue weighted by atomic mass is 19.4. The Morgan fingerprint density at radius 2 is 2.13 bits per heavy atom. The molecule has 1 saturated heterocycles. The van der Waals surface area contributed by atoms with Crippen LogP contribution in [-0.4, -0.2) is 49.5 Å². The maximum atomic E-state index is 12.4. The minimum absolute atomic E-state index is 0.00875. The standard InChI is InChI=1S/C9H16F4N2/c1-7(9(11,12)13)15-5-2-8(6-15)14-4-3-10/h7-8,14H,2-6H2,1H3. The first kappa shape index (κ1) is 12.7. The van der Waals surface area contributed by atoms with Crippen molar-refractivity contribution in [2.24, 2.45) is 0 Å². The van der Waals surface area contributed by atoms with Gasteiger partial charge in [-0.3, -0.25) is 4.90 Å². The smallest absolute Gasteiger partial charge is 0.310 e. The number of rotatable bonds is 4. The van der Waals surface area contributed by atoms with Gasteiger partial charge in [0, 0.05) is 25.7 Å². The van der Waals surface area contributed by atoms with Gasteiger partial charge in [-0.05, 0) is 13.3 Å². The molecule has 1 aliphatic rings. The number of likely N-dealkylation sites (tertiary alicyclic amines) is 1. The second-order valence-corrected chi connectivity index (χ2v) is 3.84. The molecular weight excluding hydrogens is 212 g/mol. The Kier molecular flexibility index (Phi) is 4.33. The molecular formula is C9H16F4N2. The van der Waals surface area contributed by atoms with Crippen molar-refractivity contribution in [3.8, 4) is 0 Å². The Morgan fingerprint density at radius 1 is 1.47 bits per heavy atom. The molecule has 0 radical (unpaired) electrons. The van der Waals surface area contributed by atoms with Crippen LogP contribution in [0.2, 0.25) is 0 Å². The number of nitrogens with zero attached hydrogens (tertiary/aromatic N) is 1. The molecule has 0 amide bonds. The number of hydrogen-bond donors (Lipinski definition) is 1. The Labute approximate surface area is 86.6 Å². The molecule has 0 aliphatic carbocycles. The van der Waals surface area contributed by atoms with Gasteiger partial charge in [0.1, 0.15) is 12.7 Å². The number of nitrogens with one attached hydrogen (secondary N) is 1. The first-order valence-electron chi connectivity index (χ1n) is 5.05. The summed E-state index contributed by atoms with van der Waals surface area (Å²) in [6, 6.07) is -1.42. The van der Waals surface area contributed by atoms with Crippen molar-refractivity contribution in [3.05, 3.63) is 0 Å². The molecule has 0 aromatic heterocycles. The van der Waals surface area contributed by atoms with Crippen LogP contribution in [-0.2, 0) is 0 Å². The van der Waals surface area contributed by atoms with E-state index in [-0.39, 0.29) is 12.6 Å². The van der Waals surface area contributed by atoms with E-state index in [0.29, 0.717) is 19.5 Å². The molecule has 0 aromatic rings. The molecule has 6 heteroatoms. The van der Waals surface area contributed by atoms with E-state index in [9.17, 15) is 17.6 Å². The van der Waals surface area contributed by atoms with Gasteiger partial charge in [-0.2, -0.15) is 13.2 Å². The monoisotopic (exact) mass is 228 g/mol. The van der Waals surface area contributed by atoms with Crippen LogP contribution in [0, 0.1) is 0 Å². The van der Waals surface area contributed by atoms with E-state index in [1.807, 2.05) is 0 Å². The lowest BCUT2D eigenvalue weighted by Crippen LogP contribution is -2.44. The summed E-state index contributed by atoms with van der Waals surface area (Å²) in [5, 5.41) is 2.88. The van der Waals surface area contributed by atoms with Crippen LogP contribution in [0.5, 0.6) is 0 Å². The van der Waals surface area contributed by atoms with Crippen LogP contribution < -0.4 is 5.32 Å². The number of halogens is 4. The quantitative estimate of drug-likeness (QED) is 0.735. The van der Waals surface area contributed by atoms with Gasteiger partial charge in [0.15, 0.2) is 0 Å². The molecule has 0 aromatic carbocycles. The third-order valence-electron chi connectivity index (χ3n) is 2.77. The summed E-state index contributed by atoms with van der Waals surface area (Å²) in [7, 11) is 0. The molecule has 2 atom stereocenters. The Bertz CT molecular complexity index is 195. The maximum absolute atomic E-state index is 12.4. The molecule has 2 unspecified atom stereocenters. The fourth-order valence-electron chi connectivity index (χ4n) is 1.77. The minimum Gasteiger partial charge on any atom is -0.310 e. The van der Waals surface area contributed by atoms with Gasteiger partial charge in [-0.25, -0.2) is 4.39 Å². The molecule has 15 heavy (non-hydrogen) atoms. The van der Waals surface area contributed by atoms with E-state index in [0.717, 1.165) is 6.92 Å². The first-order valence-corrected chi connectivity index (χ1v) is 5.05. The van der Waals surface area contributed by atoms with Gasteiger partial charge in [0.2, 0.25) is 0 Å². The Hall–Kier alpha value is -0.360. The van der Waals surface area contributed by atoms with Crippen molar-refractivity contribution in [2.45, 2.75) is 31.6 Å². The molecule has 1 heterocycles. The average molecular weight is 228 g/mol. The maximum Gasteiger partial charge on any atom is 0.403 e. The molecule has 0 spiro atoms. The highest BCUT2D eigenvalue weighted by Gasteiger charge is 2.42. The summed E-state index contributed by atoms with van der Waals surface area (Å²) in [5.74, 6) is 0. The molecule has 1 fully saturated rings. The predicted octanol–water partition coefficient (Wildman–Crippen LogP) is 1.57. The van der Waals surface area contributed by atoms with Crippen LogP contribution >= 0.6 is 0 Å². The van der Waals surface area contributed by atoms with Crippen molar-refractivity contribution >= 4 is 0 Å². The molecule has 2 nitrogen and oxygen atoms in total. The van der Waals surface area contributed by atoms with Crippen molar-refractivity contribution in [2.75, 3.05) is 26.3 Å². The molecule has 0 bridgehead atoms. The summed E-state index contributed by atoms with van der Waals surface area (Å²) in [6.07, 6.45) is -3.52. The third kappa shape index (κ3) is 3.61.